The molecule has 2 aromatic rings. The minimum atomic E-state index is -0.0635. The molecule has 3 rings (SSSR count). The number of ketones is 1. The first-order valence-electron chi connectivity index (χ1n) is 6.32. The summed E-state index contributed by atoms with van der Waals surface area (Å²) in [5, 5.41) is 0. The van der Waals surface area contributed by atoms with Gasteiger partial charge >= 0.3 is 0 Å². The van der Waals surface area contributed by atoms with Gasteiger partial charge in [0, 0.05) is 12.1 Å². The summed E-state index contributed by atoms with van der Waals surface area (Å²) in [6.45, 7) is 0.518. The number of methoxy groups -OCH3 is 1. The number of Topliss-reactive ketones (excluding diaryl/α,β-unsaturated/α-hetero) is 1. The molecule has 0 N–H and O–H groups in total. The molecule has 2 aromatic carbocycles. The number of fused-ring (bicyclic) bond motifs is 1. The maximum Gasteiger partial charge on any atom is 0.207 e. The van der Waals surface area contributed by atoms with Gasteiger partial charge in [0.2, 0.25) is 5.78 Å². The molecule has 0 radical (unpaired) electrons. The highest BCUT2D eigenvalue weighted by molar-refractivity contribution is 6.04. The number of ether oxygens (including phenoxy) is 3. The number of carbonyl (C=O) groups is 1. The zero-order valence-corrected chi connectivity index (χ0v) is 11.1. The molecular weight excluding hydrogens is 256 g/mol. The van der Waals surface area contributed by atoms with E-state index in [1.54, 1.807) is 12.1 Å². The van der Waals surface area contributed by atoms with Crippen molar-refractivity contribution in [1.82, 2.24) is 0 Å². The fourth-order valence-corrected chi connectivity index (χ4v) is 2.16. The Labute approximate surface area is 116 Å². The normalized spacial score (nSPS) is 12.8. The molecule has 20 heavy (non-hydrogen) atoms. The zero-order chi connectivity index (χ0) is 13.9. The third kappa shape index (κ3) is 2.32. The van der Waals surface area contributed by atoms with E-state index in [0.29, 0.717) is 29.4 Å². The molecule has 0 bridgehead atoms. The minimum Gasteiger partial charge on any atom is -0.496 e. The molecule has 0 atom stereocenters. The van der Waals surface area contributed by atoms with E-state index in [4.69, 9.17) is 14.2 Å². The molecule has 102 valence electrons. The Morgan fingerprint density at radius 2 is 2.00 bits per heavy atom. The summed E-state index contributed by atoms with van der Waals surface area (Å²) < 4.78 is 16.3. The van der Waals surface area contributed by atoms with Gasteiger partial charge in [0.25, 0.3) is 0 Å². The van der Waals surface area contributed by atoms with Crippen LogP contribution >= 0.6 is 0 Å². The molecule has 4 heteroatoms. The average Bonchev–Trinajstić information content (AvgIpc) is 2.87. The van der Waals surface area contributed by atoms with E-state index in [1.165, 1.54) is 7.11 Å². The highest BCUT2D eigenvalue weighted by Crippen LogP contribution is 2.37. The van der Waals surface area contributed by atoms with E-state index in [1.807, 2.05) is 30.3 Å². The van der Waals surface area contributed by atoms with Crippen molar-refractivity contribution in [3.8, 4) is 17.2 Å². The average molecular weight is 270 g/mol. The SMILES string of the molecule is COc1cc(OCc2ccccc2)cc2c1C(=O)CO2. The highest BCUT2D eigenvalue weighted by Gasteiger charge is 2.26. The van der Waals surface area contributed by atoms with E-state index >= 15 is 0 Å². The lowest BCUT2D eigenvalue weighted by Gasteiger charge is -2.10. The molecule has 1 aliphatic rings. The third-order valence-corrected chi connectivity index (χ3v) is 3.15. The maximum atomic E-state index is 11.7. The molecule has 0 aromatic heterocycles. The van der Waals surface area contributed by atoms with Crippen molar-refractivity contribution in [1.29, 1.82) is 0 Å². The minimum absolute atomic E-state index is 0.0633. The second-order valence-electron chi connectivity index (χ2n) is 4.48. The lowest BCUT2D eigenvalue weighted by Crippen LogP contribution is -2.01. The topological polar surface area (TPSA) is 44.8 Å². The van der Waals surface area contributed by atoms with Crippen molar-refractivity contribution in [2.24, 2.45) is 0 Å². The van der Waals surface area contributed by atoms with Crippen LogP contribution in [0.25, 0.3) is 0 Å². The first-order chi connectivity index (χ1) is 9.78. The predicted octanol–water partition coefficient (Wildman–Crippen LogP) is 2.85. The maximum absolute atomic E-state index is 11.7. The van der Waals surface area contributed by atoms with Crippen LogP contribution in [0, 0.1) is 0 Å². The van der Waals surface area contributed by atoms with Gasteiger partial charge in [-0.25, -0.2) is 0 Å². The van der Waals surface area contributed by atoms with Gasteiger partial charge in [0.15, 0.2) is 6.61 Å². The molecular formula is C16H14O4. The largest absolute Gasteiger partial charge is 0.496 e. The molecule has 0 aliphatic carbocycles. The first-order valence-corrected chi connectivity index (χ1v) is 6.32. The summed E-state index contributed by atoms with van der Waals surface area (Å²) >= 11 is 0. The molecule has 0 fully saturated rings. The van der Waals surface area contributed by atoms with E-state index < -0.39 is 0 Å². The zero-order valence-electron chi connectivity index (χ0n) is 11.1. The van der Waals surface area contributed by atoms with Gasteiger partial charge in [0.05, 0.1) is 7.11 Å². The predicted molar refractivity (Wildman–Crippen MR) is 73.6 cm³/mol. The van der Waals surface area contributed by atoms with Crippen molar-refractivity contribution in [3.05, 3.63) is 53.6 Å². The van der Waals surface area contributed by atoms with Crippen LogP contribution in [0.1, 0.15) is 15.9 Å². The number of hydrogen-bond acceptors (Lipinski definition) is 4. The first kappa shape index (κ1) is 12.5. The standard InChI is InChI=1S/C16H14O4/c1-18-14-7-12(8-15-16(14)13(17)10-20-15)19-9-11-5-3-2-4-6-11/h2-8H,9-10H2,1H3. The van der Waals surface area contributed by atoms with Crippen LogP contribution in [0.2, 0.25) is 0 Å². The van der Waals surface area contributed by atoms with Crippen LogP contribution in [-0.2, 0) is 6.61 Å². The van der Waals surface area contributed by atoms with Gasteiger partial charge in [0.1, 0.15) is 29.4 Å². The van der Waals surface area contributed by atoms with E-state index in [0.717, 1.165) is 5.56 Å². The van der Waals surface area contributed by atoms with Crippen molar-refractivity contribution in [3.63, 3.8) is 0 Å². The molecule has 0 amide bonds. The number of hydrogen-bond donors (Lipinski definition) is 0. The van der Waals surface area contributed by atoms with Gasteiger partial charge in [-0.15, -0.1) is 0 Å². The Morgan fingerprint density at radius 3 is 2.75 bits per heavy atom. The number of carbonyl (C=O) groups excluding carboxylic acids is 1. The van der Waals surface area contributed by atoms with Crippen LogP contribution in [0.4, 0.5) is 0 Å². The summed E-state index contributed by atoms with van der Waals surface area (Å²) in [5.74, 6) is 1.58. The second kappa shape index (κ2) is 5.25. The molecule has 0 spiro atoms. The fourth-order valence-electron chi connectivity index (χ4n) is 2.16. The molecule has 0 saturated carbocycles. The van der Waals surface area contributed by atoms with Gasteiger partial charge in [-0.3, -0.25) is 4.79 Å². The Kier molecular flexibility index (Phi) is 3.29. The smallest absolute Gasteiger partial charge is 0.207 e. The van der Waals surface area contributed by atoms with E-state index in [2.05, 4.69) is 0 Å². The third-order valence-electron chi connectivity index (χ3n) is 3.15. The van der Waals surface area contributed by atoms with E-state index in [-0.39, 0.29) is 12.4 Å². The second-order valence-corrected chi connectivity index (χ2v) is 4.48. The molecule has 1 heterocycles. The Morgan fingerprint density at radius 1 is 1.20 bits per heavy atom. The van der Waals surface area contributed by atoms with Gasteiger partial charge in [-0.2, -0.15) is 0 Å². The van der Waals surface area contributed by atoms with Crippen molar-refractivity contribution in [2.45, 2.75) is 6.61 Å². The molecule has 0 saturated heterocycles. The lowest BCUT2D eigenvalue weighted by atomic mass is 10.1. The van der Waals surface area contributed by atoms with Crippen LogP contribution in [0.3, 0.4) is 0 Å². The van der Waals surface area contributed by atoms with Crippen LogP contribution < -0.4 is 14.2 Å². The molecule has 4 nitrogen and oxygen atoms in total. The summed E-state index contributed by atoms with van der Waals surface area (Å²) in [4.78, 5) is 11.7. The van der Waals surface area contributed by atoms with Crippen LogP contribution in [0.15, 0.2) is 42.5 Å². The van der Waals surface area contributed by atoms with Crippen molar-refractivity contribution >= 4 is 5.78 Å². The van der Waals surface area contributed by atoms with Gasteiger partial charge in [-0.1, -0.05) is 30.3 Å². The monoisotopic (exact) mass is 270 g/mol. The van der Waals surface area contributed by atoms with Crippen molar-refractivity contribution < 1.29 is 19.0 Å². The summed E-state index contributed by atoms with van der Waals surface area (Å²) in [6, 6.07) is 13.3. The Hall–Kier alpha value is -2.49. The fraction of sp³-hybridized carbons (Fsp3) is 0.188. The quantitative estimate of drug-likeness (QED) is 0.857. The van der Waals surface area contributed by atoms with Crippen molar-refractivity contribution in [2.75, 3.05) is 13.7 Å². The Bertz CT molecular complexity index is 634. The lowest BCUT2D eigenvalue weighted by molar-refractivity contribution is 0.0959. The van der Waals surface area contributed by atoms with Crippen LogP contribution in [-0.4, -0.2) is 19.5 Å². The summed E-state index contributed by atoms with van der Waals surface area (Å²) in [7, 11) is 1.53. The van der Waals surface area contributed by atoms with Crippen LogP contribution in [0.5, 0.6) is 17.2 Å². The highest BCUT2D eigenvalue weighted by atomic mass is 16.5. The van der Waals surface area contributed by atoms with Gasteiger partial charge in [-0.05, 0) is 5.56 Å². The Balaban J connectivity index is 1.83. The van der Waals surface area contributed by atoms with Gasteiger partial charge < -0.3 is 14.2 Å². The summed E-state index contributed by atoms with van der Waals surface area (Å²) in [5.41, 5.74) is 1.57. The number of benzene rings is 2. The molecule has 1 aliphatic heterocycles. The summed E-state index contributed by atoms with van der Waals surface area (Å²) in [6.07, 6.45) is 0. The molecule has 0 unspecified atom stereocenters. The van der Waals surface area contributed by atoms with E-state index in [9.17, 15) is 4.79 Å². The number of rotatable bonds is 4.